The SMILES string of the molecule is COC(C)(C)C(=O)N(CC#N)C1CCCC1. The Bertz CT molecular complexity index is 288. The molecule has 1 aliphatic carbocycles. The molecule has 1 amide bonds. The van der Waals surface area contributed by atoms with Crippen LogP contribution in [0.2, 0.25) is 0 Å². The van der Waals surface area contributed by atoms with Crippen LogP contribution in [0.1, 0.15) is 39.5 Å². The highest BCUT2D eigenvalue weighted by atomic mass is 16.5. The molecule has 1 aliphatic rings. The smallest absolute Gasteiger partial charge is 0.255 e. The average Bonchev–Trinajstić information content (AvgIpc) is 2.78. The van der Waals surface area contributed by atoms with Gasteiger partial charge < -0.3 is 9.64 Å². The van der Waals surface area contributed by atoms with Gasteiger partial charge in [0.2, 0.25) is 0 Å². The molecule has 0 aliphatic heterocycles. The van der Waals surface area contributed by atoms with Crippen molar-refractivity contribution in [2.45, 2.75) is 51.2 Å². The molecule has 4 nitrogen and oxygen atoms in total. The molecule has 90 valence electrons. The summed E-state index contributed by atoms with van der Waals surface area (Å²) in [6.45, 7) is 3.65. The van der Waals surface area contributed by atoms with Crippen molar-refractivity contribution in [2.75, 3.05) is 13.7 Å². The molecule has 1 saturated carbocycles. The van der Waals surface area contributed by atoms with E-state index in [-0.39, 0.29) is 18.5 Å². The maximum Gasteiger partial charge on any atom is 0.255 e. The van der Waals surface area contributed by atoms with Crippen LogP contribution in [-0.2, 0) is 9.53 Å². The Morgan fingerprint density at radius 2 is 2.06 bits per heavy atom. The second-order valence-corrected chi connectivity index (χ2v) is 4.74. The largest absolute Gasteiger partial charge is 0.369 e. The van der Waals surface area contributed by atoms with Crippen LogP contribution in [0.4, 0.5) is 0 Å². The van der Waals surface area contributed by atoms with E-state index in [4.69, 9.17) is 10.00 Å². The molecule has 0 aromatic heterocycles. The Morgan fingerprint density at radius 1 is 1.50 bits per heavy atom. The van der Waals surface area contributed by atoms with E-state index in [1.165, 1.54) is 7.11 Å². The number of carbonyl (C=O) groups is 1. The molecule has 0 radical (unpaired) electrons. The monoisotopic (exact) mass is 224 g/mol. The fraction of sp³-hybridized carbons (Fsp3) is 0.833. The topological polar surface area (TPSA) is 53.3 Å². The Kier molecular flexibility index (Phi) is 4.31. The summed E-state index contributed by atoms with van der Waals surface area (Å²) >= 11 is 0. The van der Waals surface area contributed by atoms with Gasteiger partial charge in [0.25, 0.3) is 5.91 Å². The predicted octanol–water partition coefficient (Wildman–Crippen LogP) is 1.71. The number of nitrogens with zero attached hydrogens (tertiary/aromatic N) is 2. The van der Waals surface area contributed by atoms with Crippen LogP contribution in [0.25, 0.3) is 0 Å². The van der Waals surface area contributed by atoms with Gasteiger partial charge in [-0.25, -0.2) is 0 Å². The first-order valence-electron chi connectivity index (χ1n) is 5.76. The number of hydrogen-bond acceptors (Lipinski definition) is 3. The Hall–Kier alpha value is -1.08. The lowest BCUT2D eigenvalue weighted by molar-refractivity contribution is -0.152. The second kappa shape index (κ2) is 5.31. The quantitative estimate of drug-likeness (QED) is 0.683. The molecular weight excluding hydrogens is 204 g/mol. The van der Waals surface area contributed by atoms with Gasteiger partial charge >= 0.3 is 0 Å². The van der Waals surface area contributed by atoms with Crippen LogP contribution in [-0.4, -0.2) is 36.1 Å². The molecule has 4 heteroatoms. The summed E-state index contributed by atoms with van der Waals surface area (Å²) in [7, 11) is 1.52. The molecule has 16 heavy (non-hydrogen) atoms. The first-order chi connectivity index (χ1) is 7.53. The van der Waals surface area contributed by atoms with E-state index in [0.717, 1.165) is 25.7 Å². The maximum absolute atomic E-state index is 12.2. The third-order valence-electron chi connectivity index (χ3n) is 3.29. The van der Waals surface area contributed by atoms with Gasteiger partial charge in [0, 0.05) is 13.2 Å². The molecule has 1 rings (SSSR count). The minimum absolute atomic E-state index is 0.0801. The molecule has 1 fully saturated rings. The molecule has 0 bridgehead atoms. The lowest BCUT2D eigenvalue weighted by Gasteiger charge is -2.33. The summed E-state index contributed by atoms with van der Waals surface area (Å²) in [6.07, 6.45) is 4.31. The van der Waals surface area contributed by atoms with Crippen LogP contribution in [0, 0.1) is 11.3 Å². The second-order valence-electron chi connectivity index (χ2n) is 4.74. The number of methoxy groups -OCH3 is 1. The third kappa shape index (κ3) is 2.73. The number of rotatable bonds is 4. The summed E-state index contributed by atoms with van der Waals surface area (Å²) in [6, 6.07) is 2.29. The van der Waals surface area contributed by atoms with E-state index in [9.17, 15) is 4.79 Å². The zero-order valence-electron chi connectivity index (χ0n) is 10.3. The lowest BCUT2D eigenvalue weighted by atomic mass is 10.1. The van der Waals surface area contributed by atoms with Gasteiger partial charge in [-0.2, -0.15) is 5.26 Å². The Labute approximate surface area is 97.2 Å². The van der Waals surface area contributed by atoms with E-state index in [1.807, 2.05) is 0 Å². The van der Waals surface area contributed by atoms with Crippen LogP contribution in [0.5, 0.6) is 0 Å². The van der Waals surface area contributed by atoms with Gasteiger partial charge in [-0.3, -0.25) is 4.79 Å². The van der Waals surface area contributed by atoms with Gasteiger partial charge in [-0.05, 0) is 26.7 Å². The fourth-order valence-corrected chi connectivity index (χ4v) is 2.09. The molecule has 0 atom stereocenters. The Morgan fingerprint density at radius 3 is 2.50 bits per heavy atom. The Balaban J connectivity index is 2.77. The minimum Gasteiger partial charge on any atom is -0.369 e. The van der Waals surface area contributed by atoms with Crippen molar-refractivity contribution >= 4 is 5.91 Å². The van der Waals surface area contributed by atoms with E-state index in [2.05, 4.69) is 6.07 Å². The highest BCUT2D eigenvalue weighted by molar-refractivity contribution is 5.85. The van der Waals surface area contributed by atoms with Crippen molar-refractivity contribution in [3.05, 3.63) is 0 Å². The number of hydrogen-bond donors (Lipinski definition) is 0. The lowest BCUT2D eigenvalue weighted by Crippen LogP contribution is -2.50. The molecule has 0 saturated heterocycles. The maximum atomic E-state index is 12.2. The highest BCUT2D eigenvalue weighted by Crippen LogP contribution is 2.26. The summed E-state index contributed by atoms with van der Waals surface area (Å²) in [5.74, 6) is -0.0801. The van der Waals surface area contributed by atoms with Gasteiger partial charge in [0.1, 0.15) is 12.1 Å². The number of carbonyl (C=O) groups excluding carboxylic acids is 1. The summed E-state index contributed by atoms with van der Waals surface area (Å²) in [5, 5.41) is 8.80. The summed E-state index contributed by atoms with van der Waals surface area (Å²) in [5.41, 5.74) is -0.834. The number of ether oxygens (including phenoxy) is 1. The highest BCUT2D eigenvalue weighted by Gasteiger charge is 2.36. The number of amides is 1. The van der Waals surface area contributed by atoms with Crippen molar-refractivity contribution in [1.29, 1.82) is 5.26 Å². The van der Waals surface area contributed by atoms with Gasteiger partial charge in [0.15, 0.2) is 0 Å². The van der Waals surface area contributed by atoms with Gasteiger partial charge in [-0.15, -0.1) is 0 Å². The van der Waals surface area contributed by atoms with Crippen LogP contribution in [0.15, 0.2) is 0 Å². The minimum atomic E-state index is -0.834. The molecule has 0 spiro atoms. The first kappa shape index (κ1) is 13.0. The van der Waals surface area contributed by atoms with Crippen molar-refractivity contribution in [3.8, 4) is 6.07 Å². The van der Waals surface area contributed by atoms with Crippen molar-refractivity contribution in [1.82, 2.24) is 4.90 Å². The molecule has 0 N–H and O–H groups in total. The number of nitriles is 1. The molecule has 0 aromatic carbocycles. The fourth-order valence-electron chi connectivity index (χ4n) is 2.09. The van der Waals surface area contributed by atoms with Crippen molar-refractivity contribution in [3.63, 3.8) is 0 Å². The van der Waals surface area contributed by atoms with Gasteiger partial charge in [0.05, 0.1) is 6.07 Å². The molecule has 0 aromatic rings. The average molecular weight is 224 g/mol. The van der Waals surface area contributed by atoms with Crippen LogP contribution >= 0.6 is 0 Å². The third-order valence-corrected chi connectivity index (χ3v) is 3.29. The molecular formula is C12H20N2O2. The van der Waals surface area contributed by atoms with E-state index in [1.54, 1.807) is 18.7 Å². The first-order valence-corrected chi connectivity index (χ1v) is 5.76. The van der Waals surface area contributed by atoms with E-state index >= 15 is 0 Å². The van der Waals surface area contributed by atoms with Crippen LogP contribution in [0.3, 0.4) is 0 Å². The summed E-state index contributed by atoms with van der Waals surface area (Å²) < 4.78 is 5.19. The standard InChI is InChI=1S/C12H20N2O2/c1-12(2,16-3)11(15)14(9-8-13)10-6-4-5-7-10/h10H,4-7,9H2,1-3H3. The van der Waals surface area contributed by atoms with E-state index < -0.39 is 5.60 Å². The van der Waals surface area contributed by atoms with Crippen molar-refractivity contribution in [2.24, 2.45) is 0 Å². The summed E-state index contributed by atoms with van der Waals surface area (Å²) in [4.78, 5) is 13.9. The zero-order valence-corrected chi connectivity index (χ0v) is 10.3. The molecule has 0 unspecified atom stereocenters. The van der Waals surface area contributed by atoms with Gasteiger partial charge in [-0.1, -0.05) is 12.8 Å². The zero-order chi connectivity index (χ0) is 12.2. The molecule has 0 heterocycles. The predicted molar refractivity (Wildman–Crippen MR) is 60.7 cm³/mol. The van der Waals surface area contributed by atoms with Crippen LogP contribution < -0.4 is 0 Å². The van der Waals surface area contributed by atoms with Crippen molar-refractivity contribution < 1.29 is 9.53 Å². The van der Waals surface area contributed by atoms with E-state index in [0.29, 0.717) is 0 Å². The normalized spacial score (nSPS) is 17.1.